The molecule has 1 aliphatic heterocycles. The second-order valence-corrected chi connectivity index (χ2v) is 10.0. The third-order valence-corrected chi connectivity index (χ3v) is 7.86. The van der Waals surface area contributed by atoms with Gasteiger partial charge in [0, 0.05) is 26.2 Å². The number of carbonyl (C=O) groups excluding carboxylic acids is 1. The van der Waals surface area contributed by atoms with Crippen LogP contribution in [0.1, 0.15) is 23.1 Å². The first-order valence-electron chi connectivity index (χ1n) is 12.0. The molecule has 3 aromatic carbocycles. The van der Waals surface area contributed by atoms with Crippen LogP contribution in [0.4, 0.5) is 5.13 Å². The van der Waals surface area contributed by atoms with E-state index in [0.717, 1.165) is 71.8 Å². The van der Waals surface area contributed by atoms with E-state index in [1.807, 2.05) is 23.1 Å². The summed E-state index contributed by atoms with van der Waals surface area (Å²) in [5.74, 6) is 0.104. The van der Waals surface area contributed by atoms with Crippen molar-refractivity contribution in [2.75, 3.05) is 44.3 Å². The molecule has 0 N–H and O–H groups in total. The molecule has 0 atom stereocenters. The Morgan fingerprint density at radius 3 is 2.62 bits per heavy atom. The summed E-state index contributed by atoms with van der Waals surface area (Å²) in [4.78, 5) is 23.0. The van der Waals surface area contributed by atoms with Crippen molar-refractivity contribution in [3.8, 4) is 0 Å². The van der Waals surface area contributed by atoms with Crippen molar-refractivity contribution in [2.45, 2.75) is 26.7 Å². The Labute approximate surface area is 205 Å². The number of ether oxygens (including phenoxy) is 1. The molecule has 1 fully saturated rings. The molecule has 0 aliphatic carbocycles. The molecule has 0 unspecified atom stereocenters. The highest BCUT2D eigenvalue weighted by atomic mass is 32.1. The Balaban J connectivity index is 1.42. The number of thiazole rings is 1. The Morgan fingerprint density at radius 1 is 1.03 bits per heavy atom. The number of fused-ring (bicyclic) bond motifs is 2. The molecule has 2 heterocycles. The normalized spacial score (nSPS) is 14.6. The summed E-state index contributed by atoms with van der Waals surface area (Å²) in [5, 5.41) is 3.11. The monoisotopic (exact) mass is 473 g/mol. The Kier molecular flexibility index (Phi) is 6.90. The highest BCUT2D eigenvalue weighted by Gasteiger charge is 2.22. The average molecular weight is 474 g/mol. The van der Waals surface area contributed by atoms with Crippen LogP contribution in [-0.4, -0.2) is 55.2 Å². The van der Waals surface area contributed by atoms with Gasteiger partial charge in [-0.3, -0.25) is 14.6 Å². The molecule has 0 saturated carbocycles. The van der Waals surface area contributed by atoms with Crippen molar-refractivity contribution in [3.63, 3.8) is 0 Å². The molecular weight excluding hydrogens is 442 g/mol. The van der Waals surface area contributed by atoms with E-state index < -0.39 is 0 Å². The van der Waals surface area contributed by atoms with Crippen molar-refractivity contribution >= 4 is 43.4 Å². The molecule has 1 amide bonds. The van der Waals surface area contributed by atoms with E-state index in [-0.39, 0.29) is 5.91 Å². The molecule has 1 saturated heterocycles. The Hall–Kier alpha value is -2.80. The molecular formula is C28H31N3O2S. The third-order valence-electron chi connectivity index (χ3n) is 6.64. The van der Waals surface area contributed by atoms with Gasteiger partial charge in [-0.1, -0.05) is 65.9 Å². The van der Waals surface area contributed by atoms with Crippen molar-refractivity contribution in [1.82, 2.24) is 9.88 Å². The van der Waals surface area contributed by atoms with Gasteiger partial charge in [-0.2, -0.15) is 0 Å². The Morgan fingerprint density at radius 2 is 1.79 bits per heavy atom. The fraction of sp³-hybridized carbons (Fsp3) is 0.357. The number of carbonyl (C=O) groups is 1. The van der Waals surface area contributed by atoms with Crippen LogP contribution in [0.25, 0.3) is 21.0 Å². The van der Waals surface area contributed by atoms with Gasteiger partial charge >= 0.3 is 0 Å². The number of morpholine rings is 1. The number of aryl methyl sites for hydroxylation is 2. The molecule has 176 valence electrons. The fourth-order valence-electron chi connectivity index (χ4n) is 4.67. The zero-order valence-corrected chi connectivity index (χ0v) is 20.7. The van der Waals surface area contributed by atoms with Gasteiger partial charge in [-0.05, 0) is 47.7 Å². The van der Waals surface area contributed by atoms with Gasteiger partial charge in [0.2, 0.25) is 5.91 Å². The van der Waals surface area contributed by atoms with Crippen LogP contribution in [0.5, 0.6) is 0 Å². The Bertz CT molecular complexity index is 1270. The summed E-state index contributed by atoms with van der Waals surface area (Å²) in [7, 11) is 0. The molecule has 0 bridgehead atoms. The lowest BCUT2D eigenvalue weighted by molar-refractivity contribution is -0.118. The number of amides is 1. The topological polar surface area (TPSA) is 45.7 Å². The quantitative estimate of drug-likeness (QED) is 0.362. The third kappa shape index (κ3) is 4.85. The number of hydrogen-bond acceptors (Lipinski definition) is 5. The summed E-state index contributed by atoms with van der Waals surface area (Å²) < 4.78 is 6.65. The van der Waals surface area contributed by atoms with Gasteiger partial charge in [0.05, 0.1) is 29.9 Å². The SMILES string of the molecule is Cc1ccc(C)c2sc(N(CCCN3CCOCC3)C(=O)Cc3cccc4ccccc34)nc12. The molecule has 1 aromatic heterocycles. The summed E-state index contributed by atoms with van der Waals surface area (Å²) in [6, 6.07) is 18.7. The number of hydrogen-bond donors (Lipinski definition) is 0. The highest BCUT2D eigenvalue weighted by Crippen LogP contribution is 2.33. The standard InChI is InChI=1S/C28H31N3O2S/c1-20-11-12-21(2)27-26(20)29-28(34-27)31(14-6-13-30-15-17-33-18-16-30)25(32)19-23-9-5-8-22-7-3-4-10-24(22)23/h3-5,7-12H,6,13-19H2,1-2H3. The predicted molar refractivity (Wildman–Crippen MR) is 141 cm³/mol. The molecule has 0 spiro atoms. The minimum Gasteiger partial charge on any atom is -0.379 e. The number of rotatable bonds is 7. The van der Waals surface area contributed by atoms with E-state index in [0.29, 0.717) is 13.0 Å². The van der Waals surface area contributed by atoms with Crippen molar-refractivity contribution in [1.29, 1.82) is 0 Å². The van der Waals surface area contributed by atoms with Crippen LogP contribution >= 0.6 is 11.3 Å². The summed E-state index contributed by atoms with van der Waals surface area (Å²) in [5.41, 5.74) is 4.43. The maximum absolute atomic E-state index is 13.7. The molecule has 5 rings (SSSR count). The number of aromatic nitrogens is 1. The minimum atomic E-state index is 0.104. The second kappa shape index (κ2) is 10.2. The van der Waals surface area contributed by atoms with Crippen molar-refractivity contribution < 1.29 is 9.53 Å². The molecule has 0 radical (unpaired) electrons. The first-order chi connectivity index (χ1) is 16.6. The van der Waals surface area contributed by atoms with Crippen LogP contribution < -0.4 is 4.90 Å². The zero-order valence-electron chi connectivity index (χ0n) is 19.9. The predicted octanol–water partition coefficient (Wildman–Crippen LogP) is 5.36. The smallest absolute Gasteiger partial charge is 0.233 e. The summed E-state index contributed by atoms with van der Waals surface area (Å²) in [6.07, 6.45) is 1.28. The molecule has 1 aliphatic rings. The van der Waals surface area contributed by atoms with E-state index >= 15 is 0 Å². The van der Waals surface area contributed by atoms with Gasteiger partial charge in [0.1, 0.15) is 0 Å². The van der Waals surface area contributed by atoms with E-state index in [1.165, 1.54) is 10.3 Å². The minimum absolute atomic E-state index is 0.104. The maximum atomic E-state index is 13.7. The van der Waals surface area contributed by atoms with E-state index in [4.69, 9.17) is 9.72 Å². The lowest BCUT2D eigenvalue weighted by Crippen LogP contribution is -2.39. The van der Waals surface area contributed by atoms with Crippen molar-refractivity contribution in [3.05, 3.63) is 71.3 Å². The largest absolute Gasteiger partial charge is 0.379 e. The molecule has 5 nitrogen and oxygen atoms in total. The van der Waals surface area contributed by atoms with Gasteiger partial charge in [0.15, 0.2) is 5.13 Å². The molecule has 6 heteroatoms. The van der Waals surface area contributed by atoms with Crippen LogP contribution in [0.2, 0.25) is 0 Å². The lowest BCUT2D eigenvalue weighted by atomic mass is 10.0. The van der Waals surface area contributed by atoms with E-state index in [2.05, 4.69) is 55.1 Å². The van der Waals surface area contributed by atoms with Gasteiger partial charge in [-0.15, -0.1) is 0 Å². The molecule has 34 heavy (non-hydrogen) atoms. The highest BCUT2D eigenvalue weighted by molar-refractivity contribution is 7.22. The van der Waals surface area contributed by atoms with Crippen LogP contribution in [0.3, 0.4) is 0 Å². The summed E-state index contributed by atoms with van der Waals surface area (Å²) in [6.45, 7) is 9.34. The van der Waals surface area contributed by atoms with Crippen LogP contribution in [-0.2, 0) is 16.0 Å². The first-order valence-corrected chi connectivity index (χ1v) is 12.9. The molecule has 4 aromatic rings. The van der Waals surface area contributed by atoms with Gasteiger partial charge in [-0.25, -0.2) is 4.98 Å². The second-order valence-electron chi connectivity index (χ2n) is 9.04. The van der Waals surface area contributed by atoms with E-state index in [9.17, 15) is 4.79 Å². The van der Waals surface area contributed by atoms with Crippen LogP contribution in [0.15, 0.2) is 54.6 Å². The van der Waals surface area contributed by atoms with Crippen LogP contribution in [0, 0.1) is 13.8 Å². The number of nitrogens with zero attached hydrogens (tertiary/aromatic N) is 3. The first kappa shape index (κ1) is 23.0. The summed E-state index contributed by atoms with van der Waals surface area (Å²) >= 11 is 1.64. The average Bonchev–Trinajstić information content (AvgIpc) is 3.31. The fourth-order valence-corrected chi connectivity index (χ4v) is 5.83. The lowest BCUT2D eigenvalue weighted by Gasteiger charge is -2.27. The van der Waals surface area contributed by atoms with Gasteiger partial charge in [0.25, 0.3) is 0 Å². The van der Waals surface area contributed by atoms with Crippen molar-refractivity contribution in [2.24, 2.45) is 0 Å². The maximum Gasteiger partial charge on any atom is 0.233 e. The van der Waals surface area contributed by atoms with Gasteiger partial charge < -0.3 is 4.74 Å². The zero-order chi connectivity index (χ0) is 23.5. The van der Waals surface area contributed by atoms with E-state index in [1.54, 1.807) is 11.3 Å². The number of anilines is 1. The number of benzene rings is 3.